The normalized spacial score (nSPS) is 20.2. The molecule has 14 heavy (non-hydrogen) atoms. The second-order valence-corrected chi connectivity index (χ2v) is 4.32. The fraction of sp³-hybridized carbons (Fsp3) is 0.500. The number of halogens is 1. The molecular formula is C12H16FN. The highest BCUT2D eigenvalue weighted by atomic mass is 19.1. The maximum Gasteiger partial charge on any atom is 0.126 e. The minimum Gasteiger partial charge on any atom is -0.302 e. The van der Waals surface area contributed by atoms with Crippen LogP contribution < -0.4 is 0 Å². The van der Waals surface area contributed by atoms with Crippen LogP contribution in [-0.4, -0.2) is 19.0 Å². The third-order valence-electron chi connectivity index (χ3n) is 3.09. The Labute approximate surface area is 84.5 Å². The Morgan fingerprint density at radius 2 is 2.07 bits per heavy atom. The maximum atomic E-state index is 13.4. The summed E-state index contributed by atoms with van der Waals surface area (Å²) in [6.07, 6.45) is 2.20. The third kappa shape index (κ3) is 1.44. The number of hydrogen-bond donors (Lipinski definition) is 0. The van der Waals surface area contributed by atoms with E-state index in [2.05, 4.69) is 19.0 Å². The molecule has 2 heteroatoms. The van der Waals surface area contributed by atoms with Gasteiger partial charge in [-0.25, -0.2) is 4.39 Å². The summed E-state index contributed by atoms with van der Waals surface area (Å²) in [5, 5.41) is 0. The van der Waals surface area contributed by atoms with E-state index in [0.717, 1.165) is 18.4 Å². The van der Waals surface area contributed by atoms with Crippen LogP contribution in [0.1, 0.15) is 29.2 Å². The van der Waals surface area contributed by atoms with Gasteiger partial charge in [-0.1, -0.05) is 6.07 Å². The summed E-state index contributed by atoms with van der Waals surface area (Å²) >= 11 is 0. The summed E-state index contributed by atoms with van der Waals surface area (Å²) in [5.74, 6) is -0.0718. The average molecular weight is 193 g/mol. The molecule has 1 aromatic rings. The van der Waals surface area contributed by atoms with Crippen LogP contribution in [0.15, 0.2) is 12.1 Å². The Kier molecular flexibility index (Phi) is 2.31. The molecule has 1 nitrogen and oxygen atoms in total. The molecule has 1 aliphatic rings. The number of nitrogens with zero attached hydrogens (tertiary/aromatic N) is 1. The Hall–Kier alpha value is -0.890. The topological polar surface area (TPSA) is 3.24 Å². The third-order valence-corrected chi connectivity index (χ3v) is 3.09. The summed E-state index contributed by atoms with van der Waals surface area (Å²) < 4.78 is 13.4. The highest BCUT2D eigenvalue weighted by molar-refractivity contribution is 5.38. The molecule has 0 aliphatic heterocycles. The fourth-order valence-electron chi connectivity index (χ4n) is 2.27. The summed E-state index contributed by atoms with van der Waals surface area (Å²) in [4.78, 5) is 2.17. The molecule has 0 radical (unpaired) electrons. The van der Waals surface area contributed by atoms with Crippen LogP contribution in [0.3, 0.4) is 0 Å². The predicted octanol–water partition coefficient (Wildman–Crippen LogP) is 2.68. The van der Waals surface area contributed by atoms with Crippen molar-refractivity contribution < 1.29 is 4.39 Å². The lowest BCUT2D eigenvalue weighted by molar-refractivity contribution is 0.298. The lowest BCUT2D eigenvalue weighted by Gasteiger charge is -2.20. The van der Waals surface area contributed by atoms with Gasteiger partial charge in [-0.05, 0) is 56.6 Å². The zero-order valence-electron chi connectivity index (χ0n) is 8.97. The molecule has 0 fully saturated rings. The first kappa shape index (κ1) is 9.66. The SMILES string of the molecule is Cc1cc2c(cc1F)C(N(C)C)CC2. The molecule has 76 valence electrons. The summed E-state index contributed by atoms with van der Waals surface area (Å²) in [6, 6.07) is 4.11. The Bertz CT molecular complexity index is 358. The molecular weight excluding hydrogens is 177 g/mol. The minimum absolute atomic E-state index is 0.0718. The van der Waals surface area contributed by atoms with Crippen molar-refractivity contribution in [3.05, 3.63) is 34.6 Å². The first-order valence-electron chi connectivity index (χ1n) is 5.05. The van der Waals surface area contributed by atoms with Crippen molar-refractivity contribution in [2.45, 2.75) is 25.8 Å². The monoisotopic (exact) mass is 193 g/mol. The van der Waals surface area contributed by atoms with Crippen molar-refractivity contribution in [2.24, 2.45) is 0 Å². The number of rotatable bonds is 1. The van der Waals surface area contributed by atoms with Crippen molar-refractivity contribution in [3.63, 3.8) is 0 Å². The first-order chi connectivity index (χ1) is 6.59. The molecule has 1 atom stereocenters. The molecule has 0 aromatic heterocycles. The van der Waals surface area contributed by atoms with Crippen LogP contribution in [0.2, 0.25) is 0 Å². The number of benzene rings is 1. The lowest BCUT2D eigenvalue weighted by Crippen LogP contribution is -2.17. The molecule has 1 unspecified atom stereocenters. The standard InChI is InChI=1S/C12H16FN/c1-8-6-9-4-5-12(14(2)3)10(9)7-11(8)13/h6-7,12H,4-5H2,1-3H3. The van der Waals surface area contributed by atoms with E-state index >= 15 is 0 Å². The van der Waals surface area contributed by atoms with Crippen molar-refractivity contribution in [1.82, 2.24) is 4.90 Å². The van der Waals surface area contributed by atoms with E-state index in [9.17, 15) is 4.39 Å². The van der Waals surface area contributed by atoms with Gasteiger partial charge < -0.3 is 4.90 Å². The maximum absolute atomic E-state index is 13.4. The highest BCUT2D eigenvalue weighted by Crippen LogP contribution is 2.35. The Morgan fingerprint density at radius 1 is 1.36 bits per heavy atom. The zero-order chi connectivity index (χ0) is 10.3. The molecule has 0 saturated heterocycles. The quantitative estimate of drug-likeness (QED) is 0.662. The van der Waals surface area contributed by atoms with Gasteiger partial charge in [0.05, 0.1) is 0 Å². The van der Waals surface area contributed by atoms with Crippen molar-refractivity contribution >= 4 is 0 Å². The van der Waals surface area contributed by atoms with E-state index in [-0.39, 0.29) is 5.82 Å². The molecule has 0 bridgehead atoms. The van der Waals surface area contributed by atoms with E-state index in [1.54, 1.807) is 6.07 Å². The minimum atomic E-state index is -0.0718. The smallest absolute Gasteiger partial charge is 0.126 e. The van der Waals surface area contributed by atoms with Crippen LogP contribution in [-0.2, 0) is 6.42 Å². The van der Waals surface area contributed by atoms with Gasteiger partial charge in [-0.15, -0.1) is 0 Å². The molecule has 1 aromatic carbocycles. The van der Waals surface area contributed by atoms with Gasteiger partial charge in [0.1, 0.15) is 5.82 Å². The number of fused-ring (bicyclic) bond motifs is 1. The summed E-state index contributed by atoms with van der Waals surface area (Å²) in [7, 11) is 4.11. The molecule has 0 saturated carbocycles. The summed E-state index contributed by atoms with van der Waals surface area (Å²) in [5.41, 5.74) is 3.27. The molecule has 0 spiro atoms. The van der Waals surface area contributed by atoms with Gasteiger partial charge in [0, 0.05) is 6.04 Å². The van der Waals surface area contributed by atoms with Gasteiger partial charge in [0.2, 0.25) is 0 Å². The van der Waals surface area contributed by atoms with Gasteiger partial charge in [0.15, 0.2) is 0 Å². The molecule has 0 N–H and O–H groups in total. The molecule has 1 aliphatic carbocycles. The van der Waals surface area contributed by atoms with E-state index in [1.807, 2.05) is 13.0 Å². The van der Waals surface area contributed by atoms with E-state index in [1.165, 1.54) is 11.1 Å². The Morgan fingerprint density at radius 3 is 2.71 bits per heavy atom. The lowest BCUT2D eigenvalue weighted by atomic mass is 10.0. The zero-order valence-corrected chi connectivity index (χ0v) is 8.97. The van der Waals surface area contributed by atoms with Crippen molar-refractivity contribution in [2.75, 3.05) is 14.1 Å². The second kappa shape index (κ2) is 3.35. The molecule has 2 rings (SSSR count). The van der Waals surface area contributed by atoms with Crippen LogP contribution in [0, 0.1) is 12.7 Å². The number of hydrogen-bond acceptors (Lipinski definition) is 1. The first-order valence-corrected chi connectivity index (χ1v) is 5.05. The van der Waals surface area contributed by atoms with Crippen molar-refractivity contribution in [3.8, 4) is 0 Å². The number of aryl methyl sites for hydroxylation is 2. The van der Waals surface area contributed by atoms with Crippen LogP contribution >= 0.6 is 0 Å². The predicted molar refractivity (Wildman–Crippen MR) is 55.9 cm³/mol. The molecule has 0 amide bonds. The van der Waals surface area contributed by atoms with E-state index in [4.69, 9.17) is 0 Å². The van der Waals surface area contributed by atoms with E-state index in [0.29, 0.717) is 6.04 Å². The average Bonchev–Trinajstić information content (AvgIpc) is 2.48. The fourth-order valence-corrected chi connectivity index (χ4v) is 2.27. The van der Waals surface area contributed by atoms with Gasteiger partial charge in [-0.3, -0.25) is 0 Å². The highest BCUT2D eigenvalue weighted by Gasteiger charge is 2.24. The van der Waals surface area contributed by atoms with Gasteiger partial charge >= 0.3 is 0 Å². The second-order valence-electron chi connectivity index (χ2n) is 4.32. The largest absolute Gasteiger partial charge is 0.302 e. The summed E-state index contributed by atoms with van der Waals surface area (Å²) in [6.45, 7) is 1.83. The Balaban J connectivity index is 2.45. The van der Waals surface area contributed by atoms with Gasteiger partial charge in [0.25, 0.3) is 0 Å². The van der Waals surface area contributed by atoms with Crippen LogP contribution in [0.5, 0.6) is 0 Å². The van der Waals surface area contributed by atoms with E-state index < -0.39 is 0 Å². The molecule has 0 heterocycles. The van der Waals surface area contributed by atoms with Crippen LogP contribution in [0.25, 0.3) is 0 Å². The van der Waals surface area contributed by atoms with Gasteiger partial charge in [-0.2, -0.15) is 0 Å². The van der Waals surface area contributed by atoms with Crippen molar-refractivity contribution in [1.29, 1.82) is 0 Å². The van der Waals surface area contributed by atoms with Crippen LogP contribution in [0.4, 0.5) is 4.39 Å².